The van der Waals surface area contributed by atoms with E-state index >= 15 is 0 Å². The van der Waals surface area contributed by atoms with Gasteiger partial charge in [0, 0.05) is 13.1 Å². The lowest BCUT2D eigenvalue weighted by Crippen LogP contribution is -2.38. The lowest BCUT2D eigenvalue weighted by molar-refractivity contribution is 0.174. The Kier molecular flexibility index (Phi) is 5.25. The number of ether oxygens (including phenoxy) is 2. The number of nitrogens with one attached hydrogen (secondary N) is 1. The molecule has 3 aromatic rings. The van der Waals surface area contributed by atoms with Crippen LogP contribution in [0.15, 0.2) is 71.3 Å². The third-order valence-corrected chi connectivity index (χ3v) is 4.71. The molecule has 2 heterocycles. The lowest BCUT2D eigenvalue weighted by Gasteiger charge is -2.26. The Hall–Kier alpha value is -2.99. The SMILES string of the molecule is S=C(NCc1ccco1)N(Cc1ccccc1)Cc1ccc2c(c1)OCO2. The van der Waals surface area contributed by atoms with Crippen molar-refractivity contribution in [2.45, 2.75) is 19.6 Å². The second-order valence-corrected chi connectivity index (χ2v) is 6.65. The van der Waals surface area contributed by atoms with Crippen LogP contribution < -0.4 is 14.8 Å². The zero-order valence-corrected chi connectivity index (χ0v) is 15.6. The van der Waals surface area contributed by atoms with Crippen molar-refractivity contribution in [3.05, 3.63) is 83.8 Å². The molecular weight excluding hydrogens is 360 g/mol. The van der Waals surface area contributed by atoms with Crippen molar-refractivity contribution in [1.82, 2.24) is 10.2 Å². The molecule has 0 radical (unpaired) electrons. The summed E-state index contributed by atoms with van der Waals surface area (Å²) >= 11 is 5.66. The summed E-state index contributed by atoms with van der Waals surface area (Å²) in [5.41, 5.74) is 2.30. The third-order valence-electron chi connectivity index (χ3n) is 4.31. The highest BCUT2D eigenvalue weighted by atomic mass is 32.1. The fourth-order valence-electron chi connectivity index (χ4n) is 2.95. The van der Waals surface area contributed by atoms with E-state index in [1.165, 1.54) is 5.56 Å². The Bertz CT molecular complexity index is 897. The summed E-state index contributed by atoms with van der Waals surface area (Å²) in [7, 11) is 0. The highest BCUT2D eigenvalue weighted by Crippen LogP contribution is 2.32. The van der Waals surface area contributed by atoms with Crippen LogP contribution in [0.25, 0.3) is 0 Å². The predicted molar refractivity (Wildman–Crippen MR) is 106 cm³/mol. The quantitative estimate of drug-likeness (QED) is 0.650. The number of benzene rings is 2. The number of furan rings is 1. The van der Waals surface area contributed by atoms with Crippen LogP contribution in [0, 0.1) is 0 Å². The fourth-order valence-corrected chi connectivity index (χ4v) is 3.15. The monoisotopic (exact) mass is 380 g/mol. The van der Waals surface area contributed by atoms with E-state index in [0.29, 0.717) is 24.7 Å². The Morgan fingerprint density at radius 2 is 1.74 bits per heavy atom. The van der Waals surface area contributed by atoms with E-state index < -0.39 is 0 Å². The Morgan fingerprint density at radius 1 is 0.926 bits per heavy atom. The summed E-state index contributed by atoms with van der Waals surface area (Å²) in [6.07, 6.45) is 1.66. The van der Waals surface area contributed by atoms with Crippen molar-refractivity contribution in [2.75, 3.05) is 6.79 Å². The van der Waals surface area contributed by atoms with E-state index in [1.807, 2.05) is 48.5 Å². The molecule has 5 nitrogen and oxygen atoms in total. The molecule has 138 valence electrons. The average Bonchev–Trinajstić information content (AvgIpc) is 3.38. The minimum Gasteiger partial charge on any atom is -0.467 e. The Morgan fingerprint density at radius 3 is 2.56 bits per heavy atom. The van der Waals surface area contributed by atoms with Crippen LogP contribution in [0.3, 0.4) is 0 Å². The first-order valence-electron chi connectivity index (χ1n) is 8.75. The van der Waals surface area contributed by atoms with Gasteiger partial charge in [-0.3, -0.25) is 0 Å². The van der Waals surface area contributed by atoms with Crippen LogP contribution in [-0.4, -0.2) is 16.8 Å². The Balaban J connectivity index is 1.49. The smallest absolute Gasteiger partial charge is 0.231 e. The van der Waals surface area contributed by atoms with Gasteiger partial charge >= 0.3 is 0 Å². The van der Waals surface area contributed by atoms with Gasteiger partial charge in [0.1, 0.15) is 5.76 Å². The van der Waals surface area contributed by atoms with Crippen molar-refractivity contribution in [3.63, 3.8) is 0 Å². The van der Waals surface area contributed by atoms with Gasteiger partial charge in [0.05, 0.1) is 12.8 Å². The van der Waals surface area contributed by atoms with E-state index in [-0.39, 0.29) is 6.79 Å². The van der Waals surface area contributed by atoms with Gasteiger partial charge in [-0.25, -0.2) is 0 Å². The molecule has 0 unspecified atom stereocenters. The number of rotatable bonds is 6. The summed E-state index contributed by atoms with van der Waals surface area (Å²) in [4.78, 5) is 2.13. The molecule has 0 saturated carbocycles. The zero-order valence-electron chi connectivity index (χ0n) is 14.8. The van der Waals surface area contributed by atoms with E-state index in [0.717, 1.165) is 22.8 Å². The van der Waals surface area contributed by atoms with E-state index in [2.05, 4.69) is 22.3 Å². The molecule has 1 aliphatic rings. The second kappa shape index (κ2) is 8.14. The van der Waals surface area contributed by atoms with Crippen molar-refractivity contribution in [2.24, 2.45) is 0 Å². The molecule has 1 aliphatic heterocycles. The first-order chi connectivity index (χ1) is 13.3. The van der Waals surface area contributed by atoms with Crippen molar-refractivity contribution >= 4 is 17.3 Å². The fraction of sp³-hybridized carbons (Fsp3) is 0.190. The Labute approximate surface area is 163 Å². The van der Waals surface area contributed by atoms with Gasteiger partial charge in [0.2, 0.25) is 6.79 Å². The second-order valence-electron chi connectivity index (χ2n) is 6.27. The van der Waals surface area contributed by atoms with Gasteiger partial charge in [-0.1, -0.05) is 36.4 Å². The number of nitrogens with zero attached hydrogens (tertiary/aromatic N) is 1. The molecule has 6 heteroatoms. The van der Waals surface area contributed by atoms with Crippen molar-refractivity contribution < 1.29 is 13.9 Å². The molecule has 0 saturated heterocycles. The maximum Gasteiger partial charge on any atom is 0.231 e. The van der Waals surface area contributed by atoms with E-state index in [4.69, 9.17) is 26.1 Å². The predicted octanol–water partition coefficient (Wildman–Crippen LogP) is 4.09. The summed E-state index contributed by atoms with van der Waals surface area (Å²) in [5, 5.41) is 3.96. The summed E-state index contributed by atoms with van der Waals surface area (Å²) < 4.78 is 16.3. The molecule has 4 rings (SSSR count). The minimum atomic E-state index is 0.273. The minimum absolute atomic E-state index is 0.273. The highest BCUT2D eigenvalue weighted by molar-refractivity contribution is 7.80. The van der Waals surface area contributed by atoms with Crippen LogP contribution in [0.1, 0.15) is 16.9 Å². The normalized spacial score (nSPS) is 12.0. The summed E-state index contributed by atoms with van der Waals surface area (Å²) in [6.45, 7) is 2.20. The summed E-state index contributed by atoms with van der Waals surface area (Å²) in [6, 6.07) is 20.1. The van der Waals surface area contributed by atoms with E-state index in [9.17, 15) is 0 Å². The summed E-state index contributed by atoms with van der Waals surface area (Å²) in [5.74, 6) is 2.41. The molecule has 0 atom stereocenters. The maximum atomic E-state index is 5.66. The van der Waals surface area contributed by atoms with Gasteiger partial charge in [-0.05, 0) is 47.6 Å². The van der Waals surface area contributed by atoms with Crippen LogP contribution >= 0.6 is 12.2 Å². The number of thiocarbonyl (C=S) groups is 1. The van der Waals surface area contributed by atoms with Gasteiger partial charge in [0.25, 0.3) is 0 Å². The van der Waals surface area contributed by atoms with Gasteiger partial charge < -0.3 is 24.1 Å². The number of hydrogen-bond donors (Lipinski definition) is 1. The molecular formula is C21H20N2O3S. The molecule has 0 amide bonds. The van der Waals surface area contributed by atoms with Gasteiger partial charge in [0.15, 0.2) is 16.6 Å². The molecule has 0 aliphatic carbocycles. The lowest BCUT2D eigenvalue weighted by atomic mass is 10.1. The zero-order chi connectivity index (χ0) is 18.5. The van der Waals surface area contributed by atoms with Gasteiger partial charge in [-0.2, -0.15) is 0 Å². The third kappa shape index (κ3) is 4.41. The van der Waals surface area contributed by atoms with Crippen LogP contribution in [0.4, 0.5) is 0 Å². The van der Waals surface area contributed by atoms with E-state index in [1.54, 1.807) is 6.26 Å². The first-order valence-corrected chi connectivity index (χ1v) is 9.16. The average molecular weight is 380 g/mol. The standard InChI is InChI=1S/C21H20N2O3S/c27-21(22-12-18-7-4-10-24-18)23(13-16-5-2-1-3-6-16)14-17-8-9-19-20(11-17)26-15-25-19/h1-11H,12-15H2,(H,22,27). The van der Waals surface area contributed by atoms with Crippen LogP contribution in [0.5, 0.6) is 11.5 Å². The molecule has 1 N–H and O–H groups in total. The van der Waals surface area contributed by atoms with Crippen LogP contribution in [-0.2, 0) is 19.6 Å². The van der Waals surface area contributed by atoms with Gasteiger partial charge in [-0.15, -0.1) is 0 Å². The molecule has 0 spiro atoms. The molecule has 1 aromatic heterocycles. The molecule has 0 fully saturated rings. The highest BCUT2D eigenvalue weighted by Gasteiger charge is 2.16. The molecule has 0 bridgehead atoms. The largest absolute Gasteiger partial charge is 0.467 e. The topological polar surface area (TPSA) is 46.9 Å². The number of hydrogen-bond acceptors (Lipinski definition) is 4. The molecule has 27 heavy (non-hydrogen) atoms. The molecule has 2 aromatic carbocycles. The number of fused-ring (bicyclic) bond motifs is 1. The van der Waals surface area contributed by atoms with Crippen molar-refractivity contribution in [1.29, 1.82) is 0 Å². The van der Waals surface area contributed by atoms with Crippen molar-refractivity contribution in [3.8, 4) is 11.5 Å². The first kappa shape index (κ1) is 17.4. The maximum absolute atomic E-state index is 5.66. The van der Waals surface area contributed by atoms with Crippen LogP contribution in [0.2, 0.25) is 0 Å².